The highest BCUT2D eigenvalue weighted by Gasteiger charge is 2.29. The van der Waals surface area contributed by atoms with Crippen molar-refractivity contribution in [3.8, 4) is 0 Å². The summed E-state index contributed by atoms with van der Waals surface area (Å²) in [6.45, 7) is 0. The zero-order chi connectivity index (χ0) is 14.8. The highest BCUT2D eigenvalue weighted by molar-refractivity contribution is 8.00. The Kier molecular flexibility index (Phi) is 4.35. The molecule has 0 radical (unpaired) electrons. The van der Waals surface area contributed by atoms with E-state index in [0.29, 0.717) is 0 Å². The first kappa shape index (κ1) is 15.6. The third-order valence-electron chi connectivity index (χ3n) is 1.75. The van der Waals surface area contributed by atoms with Gasteiger partial charge in [-0.1, -0.05) is 0 Å². The van der Waals surface area contributed by atoms with Gasteiger partial charge in [-0.15, -0.1) is 0 Å². The maximum absolute atomic E-state index is 12.2. The van der Waals surface area contributed by atoms with Crippen LogP contribution in [0.15, 0.2) is 23.1 Å². The van der Waals surface area contributed by atoms with Crippen molar-refractivity contribution in [2.24, 2.45) is 0 Å². The molecule has 0 atom stereocenters. The number of hydrogen-bond donors (Lipinski definition) is 2. The van der Waals surface area contributed by atoms with Crippen molar-refractivity contribution in [3.63, 3.8) is 0 Å². The van der Waals surface area contributed by atoms with Gasteiger partial charge >= 0.3 is 11.5 Å². The summed E-state index contributed by atoms with van der Waals surface area (Å²) in [6.07, 6.45) is 0.766. The van der Waals surface area contributed by atoms with Gasteiger partial charge in [0.15, 0.2) is 0 Å². The molecule has 5 nitrogen and oxygen atoms in total. The van der Waals surface area contributed by atoms with Crippen LogP contribution < -0.4 is 4.72 Å². The van der Waals surface area contributed by atoms with E-state index in [9.17, 15) is 26.4 Å². The molecule has 0 aliphatic rings. The van der Waals surface area contributed by atoms with E-state index in [1.165, 1.54) is 0 Å². The van der Waals surface area contributed by atoms with E-state index >= 15 is 0 Å². The molecule has 1 aromatic rings. The second kappa shape index (κ2) is 5.29. The lowest BCUT2D eigenvalue weighted by atomic mass is 10.2. The number of aromatic carboxylic acids is 1. The lowest BCUT2D eigenvalue weighted by molar-refractivity contribution is -0.0328. The highest BCUT2D eigenvalue weighted by atomic mass is 32.2. The second-order valence-corrected chi connectivity index (χ2v) is 6.32. The van der Waals surface area contributed by atoms with E-state index in [-0.39, 0.29) is 4.90 Å². The lowest BCUT2D eigenvalue weighted by Gasteiger charge is -2.11. The molecule has 1 rings (SSSR count). The lowest BCUT2D eigenvalue weighted by Crippen LogP contribution is -2.13. The first-order valence-electron chi connectivity index (χ1n) is 4.59. The molecule has 10 heteroatoms. The number of sulfonamides is 1. The predicted octanol–water partition coefficient (Wildman–Crippen LogP) is 2.37. The highest BCUT2D eigenvalue weighted by Crippen LogP contribution is 2.38. The Labute approximate surface area is 110 Å². The number of halogens is 3. The van der Waals surface area contributed by atoms with Crippen molar-refractivity contribution in [1.29, 1.82) is 0 Å². The molecule has 0 amide bonds. The zero-order valence-corrected chi connectivity index (χ0v) is 11.0. The predicted molar refractivity (Wildman–Crippen MR) is 63.8 cm³/mol. The van der Waals surface area contributed by atoms with Crippen LogP contribution in [0.25, 0.3) is 0 Å². The van der Waals surface area contributed by atoms with Crippen molar-refractivity contribution < 1.29 is 31.5 Å². The van der Waals surface area contributed by atoms with Gasteiger partial charge in [0, 0.05) is 4.90 Å². The van der Waals surface area contributed by atoms with E-state index in [0.717, 1.165) is 24.5 Å². The summed E-state index contributed by atoms with van der Waals surface area (Å²) < 4.78 is 60.5. The summed E-state index contributed by atoms with van der Waals surface area (Å²) in [5.41, 5.74) is -5.39. The Bertz CT molecular complexity index is 598. The molecule has 0 aromatic heterocycles. The molecule has 0 unspecified atom stereocenters. The van der Waals surface area contributed by atoms with Gasteiger partial charge in [-0.05, 0) is 30.0 Å². The minimum absolute atomic E-state index is 0.316. The van der Waals surface area contributed by atoms with Crippen LogP contribution in [-0.2, 0) is 10.0 Å². The van der Waals surface area contributed by atoms with Crippen molar-refractivity contribution in [2.45, 2.75) is 10.4 Å². The maximum Gasteiger partial charge on any atom is 0.446 e. The van der Waals surface area contributed by atoms with Crippen LogP contribution >= 0.6 is 11.8 Å². The van der Waals surface area contributed by atoms with E-state index in [4.69, 9.17) is 5.11 Å². The summed E-state index contributed by atoms with van der Waals surface area (Å²) in [5, 5.41) is 8.82. The number of carboxylic acid groups (broad SMARTS) is 1. The standard InChI is InChI=1S/C9H8F3NO4S2/c1-19(16,17)13-7-4-5(18-9(10,11)12)2-3-6(7)8(14)15/h2-4,13H,1H3,(H,14,15). The summed E-state index contributed by atoms with van der Waals surface area (Å²) >= 11 is -0.466. The maximum atomic E-state index is 12.2. The molecule has 0 heterocycles. The molecule has 106 valence electrons. The molecule has 2 N–H and O–H groups in total. The Morgan fingerprint density at radius 1 is 1.37 bits per heavy atom. The fourth-order valence-electron chi connectivity index (χ4n) is 1.19. The normalized spacial score (nSPS) is 12.2. The van der Waals surface area contributed by atoms with E-state index in [1.54, 1.807) is 0 Å². The second-order valence-electron chi connectivity index (χ2n) is 3.43. The monoisotopic (exact) mass is 315 g/mol. The van der Waals surface area contributed by atoms with Crippen LogP contribution in [0.1, 0.15) is 10.4 Å². The third kappa shape index (κ3) is 5.39. The van der Waals surface area contributed by atoms with Gasteiger partial charge in [0.05, 0.1) is 17.5 Å². The number of thioether (sulfide) groups is 1. The van der Waals surface area contributed by atoms with Gasteiger partial charge in [0.25, 0.3) is 0 Å². The Balaban J connectivity index is 3.22. The number of alkyl halides is 3. The Morgan fingerprint density at radius 2 is 1.95 bits per heavy atom. The minimum Gasteiger partial charge on any atom is -0.478 e. The van der Waals surface area contributed by atoms with Crippen LogP contribution in [0.5, 0.6) is 0 Å². The zero-order valence-electron chi connectivity index (χ0n) is 9.35. The number of nitrogens with one attached hydrogen (secondary N) is 1. The first-order chi connectivity index (χ1) is 8.48. The number of carboxylic acids is 1. The first-order valence-corrected chi connectivity index (χ1v) is 7.29. The van der Waals surface area contributed by atoms with Gasteiger partial charge in [0.1, 0.15) is 0 Å². The van der Waals surface area contributed by atoms with Crippen molar-refractivity contribution in [3.05, 3.63) is 23.8 Å². The van der Waals surface area contributed by atoms with Gasteiger partial charge < -0.3 is 5.11 Å². The summed E-state index contributed by atoms with van der Waals surface area (Å²) in [7, 11) is -3.80. The molecule has 0 spiro atoms. The van der Waals surface area contributed by atoms with Gasteiger partial charge in [-0.25, -0.2) is 13.2 Å². The SMILES string of the molecule is CS(=O)(=O)Nc1cc(SC(F)(F)F)ccc1C(=O)O. The van der Waals surface area contributed by atoms with Crippen LogP contribution in [0, 0.1) is 0 Å². The van der Waals surface area contributed by atoms with Gasteiger partial charge in [-0.3, -0.25) is 4.72 Å². The molecular weight excluding hydrogens is 307 g/mol. The smallest absolute Gasteiger partial charge is 0.446 e. The van der Waals surface area contributed by atoms with Crippen molar-refractivity contribution in [2.75, 3.05) is 11.0 Å². The average molecular weight is 315 g/mol. The minimum atomic E-state index is -4.55. The number of carbonyl (C=O) groups is 1. The fraction of sp³-hybridized carbons (Fsp3) is 0.222. The number of benzene rings is 1. The number of hydrogen-bond acceptors (Lipinski definition) is 4. The molecule has 0 bridgehead atoms. The Morgan fingerprint density at radius 3 is 2.37 bits per heavy atom. The molecule has 0 aliphatic heterocycles. The summed E-state index contributed by atoms with van der Waals surface area (Å²) in [5.74, 6) is -1.45. The Hall–Kier alpha value is -1.42. The van der Waals surface area contributed by atoms with Crippen LogP contribution in [0.3, 0.4) is 0 Å². The van der Waals surface area contributed by atoms with E-state index in [2.05, 4.69) is 0 Å². The van der Waals surface area contributed by atoms with Crippen LogP contribution in [-0.4, -0.2) is 31.3 Å². The molecule has 0 saturated carbocycles. The van der Waals surface area contributed by atoms with Crippen LogP contribution in [0.2, 0.25) is 0 Å². The quantitative estimate of drug-likeness (QED) is 0.833. The molecule has 0 fully saturated rings. The average Bonchev–Trinajstić information content (AvgIpc) is 2.11. The molecular formula is C9H8F3NO4S2. The fourth-order valence-corrected chi connectivity index (χ4v) is 2.34. The molecule has 19 heavy (non-hydrogen) atoms. The molecule has 0 aliphatic carbocycles. The van der Waals surface area contributed by atoms with Crippen molar-refractivity contribution >= 4 is 33.4 Å². The molecule has 0 saturated heterocycles. The van der Waals surface area contributed by atoms with E-state index < -0.39 is 44.5 Å². The van der Waals surface area contributed by atoms with Crippen LogP contribution in [0.4, 0.5) is 18.9 Å². The third-order valence-corrected chi connectivity index (χ3v) is 3.06. The number of anilines is 1. The largest absolute Gasteiger partial charge is 0.478 e. The topological polar surface area (TPSA) is 83.5 Å². The van der Waals surface area contributed by atoms with Gasteiger partial charge in [-0.2, -0.15) is 13.2 Å². The number of rotatable bonds is 4. The summed E-state index contributed by atoms with van der Waals surface area (Å²) in [6, 6.07) is 2.68. The van der Waals surface area contributed by atoms with E-state index in [1.807, 2.05) is 4.72 Å². The van der Waals surface area contributed by atoms with Crippen molar-refractivity contribution in [1.82, 2.24) is 0 Å². The summed E-state index contributed by atoms with van der Waals surface area (Å²) in [4.78, 5) is 10.5. The molecule has 1 aromatic carbocycles. The van der Waals surface area contributed by atoms with Gasteiger partial charge in [0.2, 0.25) is 10.0 Å².